The second kappa shape index (κ2) is 11.7. The lowest BCUT2D eigenvalue weighted by Crippen LogP contribution is -2.39. The Kier molecular flexibility index (Phi) is 8.82. The molecule has 3 heterocycles. The molecule has 1 aliphatic rings. The van der Waals surface area contributed by atoms with E-state index in [1.807, 2.05) is 0 Å². The fourth-order valence-electron chi connectivity index (χ4n) is 2.95. The Morgan fingerprint density at radius 2 is 1.86 bits per heavy atom. The Balaban J connectivity index is 1.43. The highest BCUT2D eigenvalue weighted by atomic mass is 32.1. The third-order valence-corrected chi connectivity index (χ3v) is 5.68. The van der Waals surface area contributed by atoms with Gasteiger partial charge < -0.3 is 16.0 Å². The monoisotopic (exact) mass is 556 g/mol. The zero-order valence-electron chi connectivity index (χ0n) is 18.6. The fraction of sp³-hybridized carbons (Fsp3) is 0.474. The van der Waals surface area contributed by atoms with Crippen molar-refractivity contribution in [3.05, 3.63) is 45.8 Å². The molecule has 0 bridgehead atoms. The summed E-state index contributed by atoms with van der Waals surface area (Å²) in [6.07, 6.45) is -6.61. The topological polar surface area (TPSA) is 127 Å². The molecule has 0 aromatic carbocycles. The van der Waals surface area contributed by atoms with E-state index in [9.17, 15) is 40.3 Å². The number of aryl methyl sites for hydroxylation is 1. The number of aromatic nitrogens is 5. The molecule has 0 saturated carbocycles. The van der Waals surface area contributed by atoms with Crippen molar-refractivity contribution in [3.63, 3.8) is 0 Å². The van der Waals surface area contributed by atoms with E-state index >= 15 is 0 Å². The molecule has 0 aliphatic carbocycles. The molecule has 2 amide bonds. The molecule has 10 nitrogen and oxygen atoms in total. The summed E-state index contributed by atoms with van der Waals surface area (Å²) in [5.74, 6) is -1.76. The average molecular weight is 556 g/mol. The highest BCUT2D eigenvalue weighted by Gasteiger charge is 2.33. The van der Waals surface area contributed by atoms with Crippen LogP contribution >= 0.6 is 11.3 Å². The van der Waals surface area contributed by atoms with E-state index < -0.39 is 54.2 Å². The predicted molar refractivity (Wildman–Crippen MR) is 114 cm³/mol. The number of dihydropyridines is 1. The number of halogens is 7. The molecule has 1 aliphatic heterocycles. The van der Waals surface area contributed by atoms with E-state index in [1.54, 1.807) is 5.32 Å². The van der Waals surface area contributed by atoms with Gasteiger partial charge in [0.05, 0.1) is 24.4 Å². The van der Waals surface area contributed by atoms with Gasteiger partial charge in [0, 0.05) is 13.0 Å². The van der Waals surface area contributed by atoms with E-state index in [4.69, 9.17) is 0 Å². The number of nitrogens with one attached hydrogen (secondary N) is 3. The van der Waals surface area contributed by atoms with Crippen LogP contribution in [0.2, 0.25) is 0 Å². The Morgan fingerprint density at radius 3 is 2.57 bits per heavy atom. The van der Waals surface area contributed by atoms with Crippen molar-refractivity contribution in [3.8, 4) is 0 Å². The van der Waals surface area contributed by atoms with E-state index in [0.29, 0.717) is 5.01 Å². The summed E-state index contributed by atoms with van der Waals surface area (Å²) in [5, 5.41) is 21.5. The van der Waals surface area contributed by atoms with E-state index in [0.717, 1.165) is 40.6 Å². The maximum Gasteiger partial charge on any atom is 0.416 e. The van der Waals surface area contributed by atoms with Gasteiger partial charge in [-0.1, -0.05) is 16.6 Å². The smallest absolute Gasteiger partial charge is 0.383 e. The van der Waals surface area contributed by atoms with Gasteiger partial charge in [-0.2, -0.15) is 26.3 Å². The summed E-state index contributed by atoms with van der Waals surface area (Å²) in [4.78, 5) is 23.9. The van der Waals surface area contributed by atoms with Crippen LogP contribution in [0.4, 0.5) is 30.7 Å². The van der Waals surface area contributed by atoms with Crippen LogP contribution in [0.25, 0.3) is 0 Å². The summed E-state index contributed by atoms with van der Waals surface area (Å²) >= 11 is 0.886. The first-order valence-electron chi connectivity index (χ1n) is 10.5. The SMILES string of the molecule is O=C(NCC(F)(F)F)c1cn(CC(F)CCc2nnc(C(=O)NCC3C=C(C(F)(F)F)C=CN3)s2)nn1. The van der Waals surface area contributed by atoms with Crippen LogP contribution in [-0.4, -0.2) is 74.7 Å². The third-order valence-electron chi connectivity index (χ3n) is 4.70. The molecule has 202 valence electrons. The number of allylic oxidation sites excluding steroid dienone is 2. The van der Waals surface area contributed by atoms with Gasteiger partial charge in [0.25, 0.3) is 11.8 Å². The normalized spacial score (nSPS) is 16.6. The van der Waals surface area contributed by atoms with Crippen LogP contribution in [0, 0.1) is 0 Å². The Bertz CT molecular complexity index is 1160. The molecule has 3 N–H and O–H groups in total. The van der Waals surface area contributed by atoms with Crippen LogP contribution < -0.4 is 16.0 Å². The molecule has 2 unspecified atom stereocenters. The van der Waals surface area contributed by atoms with E-state index in [1.165, 1.54) is 0 Å². The summed E-state index contributed by atoms with van der Waals surface area (Å²) in [7, 11) is 0. The van der Waals surface area contributed by atoms with Crippen LogP contribution in [0.15, 0.2) is 30.1 Å². The number of hydrogen-bond donors (Lipinski definition) is 3. The number of amides is 2. The molecule has 0 radical (unpaired) electrons. The highest BCUT2D eigenvalue weighted by molar-refractivity contribution is 7.13. The van der Waals surface area contributed by atoms with Crippen molar-refractivity contribution in [1.29, 1.82) is 0 Å². The quantitative estimate of drug-likeness (QED) is 0.383. The standard InChI is InChI=1S/C19H19F7N8O2S/c20-11(7-34-8-13(30-33-34)15(35)29-9-18(21,22)23)1-2-14-31-32-17(37-14)16(36)28-6-12-5-10(3-4-27-12)19(24,25)26/h3-5,8,11-12,27H,1-2,6-7,9H2,(H,28,36)(H,29,35). The van der Waals surface area contributed by atoms with E-state index in [-0.39, 0.29) is 30.9 Å². The molecule has 3 rings (SSSR count). The molecule has 0 saturated heterocycles. The summed E-state index contributed by atoms with van der Waals surface area (Å²) in [5.41, 5.74) is -1.24. The first kappa shape index (κ1) is 28.0. The van der Waals surface area contributed by atoms with Crippen LogP contribution in [0.5, 0.6) is 0 Å². The van der Waals surface area contributed by atoms with Gasteiger partial charge in [0.15, 0.2) is 5.69 Å². The van der Waals surface area contributed by atoms with Gasteiger partial charge in [-0.25, -0.2) is 9.07 Å². The zero-order chi connectivity index (χ0) is 27.2. The minimum atomic E-state index is -4.59. The van der Waals surface area contributed by atoms with Crippen molar-refractivity contribution in [1.82, 2.24) is 41.1 Å². The zero-order valence-corrected chi connectivity index (χ0v) is 19.4. The largest absolute Gasteiger partial charge is 0.416 e. The first-order valence-corrected chi connectivity index (χ1v) is 11.3. The lowest BCUT2D eigenvalue weighted by atomic mass is 10.1. The molecule has 2 atom stereocenters. The molecule has 18 heteroatoms. The molecule has 0 fully saturated rings. The Morgan fingerprint density at radius 1 is 1.11 bits per heavy atom. The van der Waals surface area contributed by atoms with Crippen molar-refractivity contribution >= 4 is 23.2 Å². The van der Waals surface area contributed by atoms with Crippen molar-refractivity contribution in [2.45, 2.75) is 44.0 Å². The summed E-state index contributed by atoms with van der Waals surface area (Å²) in [6, 6.07) is -0.779. The number of alkyl halides is 7. The van der Waals surface area contributed by atoms with Crippen molar-refractivity contribution in [2.24, 2.45) is 0 Å². The number of nitrogens with zero attached hydrogens (tertiary/aromatic N) is 5. The molecule has 2 aromatic rings. The Hall–Kier alpha value is -3.57. The number of rotatable bonds is 10. The predicted octanol–water partition coefficient (Wildman–Crippen LogP) is 2.10. The van der Waals surface area contributed by atoms with Gasteiger partial charge in [-0.05, 0) is 24.8 Å². The highest BCUT2D eigenvalue weighted by Crippen LogP contribution is 2.28. The van der Waals surface area contributed by atoms with Crippen LogP contribution in [-0.2, 0) is 13.0 Å². The van der Waals surface area contributed by atoms with Crippen LogP contribution in [0.3, 0.4) is 0 Å². The average Bonchev–Trinajstić information content (AvgIpc) is 3.49. The first-order chi connectivity index (χ1) is 17.3. The second-order valence-corrected chi connectivity index (χ2v) is 8.76. The van der Waals surface area contributed by atoms with Gasteiger partial charge >= 0.3 is 12.4 Å². The van der Waals surface area contributed by atoms with Crippen molar-refractivity contribution in [2.75, 3.05) is 13.1 Å². The van der Waals surface area contributed by atoms with Gasteiger partial charge in [-0.15, -0.1) is 15.3 Å². The second-order valence-electron chi connectivity index (χ2n) is 7.70. The molecular weight excluding hydrogens is 537 g/mol. The third kappa shape index (κ3) is 8.80. The van der Waals surface area contributed by atoms with Gasteiger partial charge in [-0.3, -0.25) is 9.59 Å². The number of carbonyl (C=O) groups is 2. The Labute approximate surface area is 208 Å². The molecule has 0 spiro atoms. The maximum atomic E-state index is 14.3. The summed E-state index contributed by atoms with van der Waals surface area (Å²) in [6.45, 7) is -2.02. The number of carbonyl (C=O) groups excluding carboxylic acids is 2. The van der Waals surface area contributed by atoms with Gasteiger partial charge in [0.1, 0.15) is 17.7 Å². The lowest BCUT2D eigenvalue weighted by molar-refractivity contribution is -0.123. The minimum absolute atomic E-state index is 0.0532. The maximum absolute atomic E-state index is 14.3. The van der Waals surface area contributed by atoms with Crippen LogP contribution in [0.1, 0.15) is 31.7 Å². The van der Waals surface area contributed by atoms with E-state index in [2.05, 4.69) is 31.1 Å². The number of hydrogen-bond acceptors (Lipinski definition) is 8. The fourth-order valence-corrected chi connectivity index (χ4v) is 3.72. The lowest BCUT2D eigenvalue weighted by Gasteiger charge is -2.20. The molecule has 37 heavy (non-hydrogen) atoms. The molecule has 2 aromatic heterocycles. The minimum Gasteiger partial charge on any atom is -0.383 e. The van der Waals surface area contributed by atoms with Crippen molar-refractivity contribution < 1.29 is 40.3 Å². The molecular formula is C19H19F7N8O2S. The van der Waals surface area contributed by atoms with Gasteiger partial charge in [0.2, 0.25) is 5.01 Å². The summed E-state index contributed by atoms with van der Waals surface area (Å²) < 4.78 is 90.2.